The van der Waals surface area contributed by atoms with Gasteiger partial charge in [-0.2, -0.15) is 5.10 Å². The summed E-state index contributed by atoms with van der Waals surface area (Å²) in [7, 11) is 0. The zero-order valence-electron chi connectivity index (χ0n) is 18.9. The normalized spacial score (nSPS) is 13.6. The lowest BCUT2D eigenvalue weighted by Crippen LogP contribution is -2.43. The molecule has 35 heavy (non-hydrogen) atoms. The molecule has 11 nitrogen and oxygen atoms in total. The maximum absolute atomic E-state index is 12.7. The number of rotatable bonds is 7. The number of nitrogens with one attached hydrogen (secondary N) is 3. The first-order chi connectivity index (χ1) is 16.9. The second-order valence-electron chi connectivity index (χ2n) is 7.79. The van der Waals surface area contributed by atoms with E-state index in [-0.39, 0.29) is 18.1 Å². The Morgan fingerprint density at radius 3 is 2.54 bits per heavy atom. The number of nitrogens with zero attached hydrogens (tertiary/aromatic N) is 2. The Balaban J connectivity index is 1.40. The Labute approximate surface area is 200 Å². The maximum Gasteiger partial charge on any atom is 0.305 e. The van der Waals surface area contributed by atoms with E-state index in [2.05, 4.69) is 21.4 Å². The van der Waals surface area contributed by atoms with Gasteiger partial charge in [0, 0.05) is 29.7 Å². The van der Waals surface area contributed by atoms with Crippen LogP contribution in [-0.2, 0) is 11.2 Å². The van der Waals surface area contributed by atoms with Crippen LogP contribution in [0.2, 0.25) is 0 Å². The molecule has 0 fully saturated rings. The minimum atomic E-state index is -0.590. The molecule has 0 unspecified atom stereocenters. The van der Waals surface area contributed by atoms with Crippen LogP contribution in [0.5, 0.6) is 5.75 Å². The summed E-state index contributed by atoms with van der Waals surface area (Å²) < 4.78 is 11.2. The zero-order valence-corrected chi connectivity index (χ0v) is 18.9. The van der Waals surface area contributed by atoms with Gasteiger partial charge in [-0.3, -0.25) is 36.0 Å². The second-order valence-corrected chi connectivity index (χ2v) is 7.79. The van der Waals surface area contributed by atoms with E-state index in [4.69, 9.17) is 9.15 Å². The van der Waals surface area contributed by atoms with Gasteiger partial charge in [-0.25, -0.2) is 0 Å². The summed E-state index contributed by atoms with van der Waals surface area (Å²) >= 11 is 0. The first-order valence-electron chi connectivity index (χ1n) is 10.9. The van der Waals surface area contributed by atoms with Crippen molar-refractivity contribution < 1.29 is 23.7 Å². The van der Waals surface area contributed by atoms with Gasteiger partial charge < -0.3 is 9.15 Å². The molecule has 180 valence electrons. The molecule has 1 heterocycles. The highest BCUT2D eigenvalue weighted by Gasteiger charge is 2.28. The lowest BCUT2D eigenvalue weighted by Gasteiger charge is -2.13. The Hall–Kier alpha value is -4.67. The summed E-state index contributed by atoms with van der Waals surface area (Å²) in [5.74, 6) is 0.155. The number of hydrazine groups is 1. The highest BCUT2D eigenvalue weighted by atomic mass is 16.6. The van der Waals surface area contributed by atoms with E-state index in [0.29, 0.717) is 41.3 Å². The monoisotopic (exact) mass is 477 g/mol. The molecule has 1 aromatic heterocycles. The topological polar surface area (TPSA) is 148 Å². The van der Waals surface area contributed by atoms with Gasteiger partial charge in [-0.1, -0.05) is 18.2 Å². The minimum absolute atomic E-state index is 0.0109. The lowest BCUT2D eigenvalue weighted by molar-refractivity contribution is -0.384. The number of nitro groups is 1. The Bertz CT molecular complexity index is 1270. The number of fused-ring (bicyclic) bond motifs is 1. The van der Waals surface area contributed by atoms with Crippen molar-refractivity contribution in [2.75, 3.05) is 12.0 Å². The average Bonchev–Trinajstić information content (AvgIpc) is 3.22. The van der Waals surface area contributed by atoms with Gasteiger partial charge >= 0.3 is 5.91 Å². The predicted molar refractivity (Wildman–Crippen MR) is 127 cm³/mol. The number of furan rings is 1. The first-order valence-corrected chi connectivity index (χ1v) is 10.9. The summed E-state index contributed by atoms with van der Waals surface area (Å²) in [5, 5.41) is 15.3. The van der Waals surface area contributed by atoms with Gasteiger partial charge in [0.25, 0.3) is 11.6 Å². The molecule has 3 aromatic rings. The van der Waals surface area contributed by atoms with Crippen LogP contribution >= 0.6 is 0 Å². The summed E-state index contributed by atoms with van der Waals surface area (Å²) in [6.07, 6.45) is 2.11. The molecular formula is C24H23N5O6. The number of nitro benzene ring substituents is 1. The van der Waals surface area contributed by atoms with Gasteiger partial charge in [-0.05, 0) is 44.0 Å². The SMILES string of the molecule is Cc1c(C(=O)NNC(=O)COc2ccccc2)oc2c1/C(=N/Nc1ccc([N+](=O)[O-])cc1)CCC2. The molecule has 4 rings (SSSR count). The van der Waals surface area contributed by atoms with Crippen molar-refractivity contribution >= 4 is 28.9 Å². The third-order valence-electron chi connectivity index (χ3n) is 5.36. The number of benzene rings is 2. The van der Waals surface area contributed by atoms with Crippen molar-refractivity contribution in [1.29, 1.82) is 0 Å². The standard InChI is InChI=1S/C24H23N5O6/c1-15-22-19(26-25-16-10-12-17(13-11-16)29(32)33)8-5-9-20(22)35-23(15)24(31)28-27-21(30)14-34-18-6-3-2-4-7-18/h2-4,6-7,10-13,25H,5,8-9,14H2,1H3,(H,27,30)(H,28,31)/b26-19+. The summed E-state index contributed by atoms with van der Waals surface area (Å²) in [6.45, 7) is 1.49. The van der Waals surface area contributed by atoms with Crippen LogP contribution in [0.3, 0.4) is 0 Å². The number of anilines is 1. The third kappa shape index (κ3) is 5.64. The molecule has 2 aromatic carbocycles. The highest BCUT2D eigenvalue weighted by Crippen LogP contribution is 2.30. The van der Waals surface area contributed by atoms with Crippen LogP contribution in [-0.4, -0.2) is 29.1 Å². The molecule has 2 amide bonds. The zero-order chi connectivity index (χ0) is 24.8. The molecular weight excluding hydrogens is 454 g/mol. The van der Waals surface area contributed by atoms with Crippen molar-refractivity contribution in [2.45, 2.75) is 26.2 Å². The van der Waals surface area contributed by atoms with Gasteiger partial charge in [0.1, 0.15) is 11.5 Å². The number of aryl methyl sites for hydroxylation is 1. The van der Waals surface area contributed by atoms with E-state index in [1.54, 1.807) is 43.3 Å². The number of hydrogen-bond donors (Lipinski definition) is 3. The number of para-hydroxylation sites is 1. The Morgan fingerprint density at radius 1 is 1.09 bits per heavy atom. The van der Waals surface area contributed by atoms with Crippen LogP contribution in [0.1, 0.15) is 40.3 Å². The van der Waals surface area contributed by atoms with E-state index < -0.39 is 16.7 Å². The molecule has 0 saturated heterocycles. The van der Waals surface area contributed by atoms with E-state index in [0.717, 1.165) is 12.0 Å². The highest BCUT2D eigenvalue weighted by molar-refractivity contribution is 6.06. The first kappa shape index (κ1) is 23.5. The molecule has 0 radical (unpaired) electrons. The van der Waals surface area contributed by atoms with Crippen molar-refractivity contribution in [3.63, 3.8) is 0 Å². The fraction of sp³-hybridized carbons (Fsp3) is 0.208. The largest absolute Gasteiger partial charge is 0.484 e. The second kappa shape index (κ2) is 10.5. The Morgan fingerprint density at radius 2 is 1.83 bits per heavy atom. The molecule has 0 bridgehead atoms. The van der Waals surface area contributed by atoms with Crippen molar-refractivity contribution in [3.05, 3.63) is 87.4 Å². The molecule has 3 N–H and O–H groups in total. The lowest BCUT2D eigenvalue weighted by atomic mass is 9.93. The summed E-state index contributed by atoms with van der Waals surface area (Å²) in [6, 6.07) is 14.8. The van der Waals surface area contributed by atoms with Crippen LogP contribution < -0.4 is 21.0 Å². The number of non-ortho nitro benzene ring substituents is 1. The summed E-state index contributed by atoms with van der Waals surface area (Å²) in [4.78, 5) is 35.0. The number of hydrazone groups is 1. The third-order valence-corrected chi connectivity index (χ3v) is 5.36. The van der Waals surface area contributed by atoms with Crippen molar-refractivity contribution in [1.82, 2.24) is 10.9 Å². The quantitative estimate of drug-likeness (QED) is 0.348. The number of amides is 2. The minimum Gasteiger partial charge on any atom is -0.484 e. The molecule has 0 saturated carbocycles. The van der Waals surface area contributed by atoms with Crippen LogP contribution in [0.15, 0.2) is 64.1 Å². The van der Waals surface area contributed by atoms with E-state index in [1.807, 2.05) is 6.07 Å². The number of carbonyl (C=O) groups is 2. The number of carbonyl (C=O) groups excluding carboxylic acids is 2. The smallest absolute Gasteiger partial charge is 0.305 e. The van der Waals surface area contributed by atoms with Gasteiger partial charge in [0.05, 0.1) is 16.3 Å². The van der Waals surface area contributed by atoms with Crippen LogP contribution in [0.4, 0.5) is 11.4 Å². The maximum atomic E-state index is 12.7. The molecule has 11 heteroatoms. The fourth-order valence-corrected chi connectivity index (χ4v) is 3.67. The van der Waals surface area contributed by atoms with Gasteiger partial charge in [0.15, 0.2) is 12.4 Å². The Kier molecular flexibility index (Phi) is 7.05. The number of ether oxygens (including phenoxy) is 1. The molecule has 1 aliphatic carbocycles. The van der Waals surface area contributed by atoms with Crippen molar-refractivity contribution in [2.24, 2.45) is 5.10 Å². The van der Waals surface area contributed by atoms with E-state index in [1.165, 1.54) is 12.1 Å². The summed E-state index contributed by atoms with van der Waals surface area (Å²) in [5.41, 5.74) is 10.2. The van der Waals surface area contributed by atoms with Crippen molar-refractivity contribution in [3.8, 4) is 5.75 Å². The molecule has 0 atom stereocenters. The van der Waals surface area contributed by atoms with Crippen LogP contribution in [0.25, 0.3) is 0 Å². The van der Waals surface area contributed by atoms with Gasteiger partial charge in [-0.15, -0.1) is 0 Å². The molecule has 1 aliphatic rings. The fourth-order valence-electron chi connectivity index (χ4n) is 3.67. The van der Waals surface area contributed by atoms with Gasteiger partial charge in [0.2, 0.25) is 0 Å². The van der Waals surface area contributed by atoms with E-state index >= 15 is 0 Å². The van der Waals surface area contributed by atoms with E-state index in [9.17, 15) is 19.7 Å². The average molecular weight is 477 g/mol. The molecule has 0 aliphatic heterocycles. The predicted octanol–water partition coefficient (Wildman–Crippen LogP) is 3.49. The number of hydrogen-bond acceptors (Lipinski definition) is 8. The molecule has 0 spiro atoms. The van der Waals surface area contributed by atoms with Crippen LogP contribution in [0, 0.1) is 17.0 Å².